The van der Waals surface area contributed by atoms with Gasteiger partial charge in [-0.3, -0.25) is 4.79 Å². The Balaban J connectivity index is 2.52. The summed E-state index contributed by atoms with van der Waals surface area (Å²) in [5.74, 6) is -6.49. The third-order valence-electron chi connectivity index (χ3n) is 4.11. The monoisotopic (exact) mass is 366 g/mol. The highest BCUT2D eigenvalue weighted by atomic mass is 19.4. The molecular formula is C14H12F6N4O. The minimum absolute atomic E-state index is 0.345. The Bertz CT molecular complexity index is 731. The molecule has 1 aromatic rings. The normalized spacial score (nSPS) is 24.2. The summed E-state index contributed by atoms with van der Waals surface area (Å²) in [4.78, 5) is 14.9. The van der Waals surface area contributed by atoms with Gasteiger partial charge < -0.3 is 4.90 Å². The molecule has 1 aromatic carbocycles. The van der Waals surface area contributed by atoms with Gasteiger partial charge in [0, 0.05) is 22.4 Å². The summed E-state index contributed by atoms with van der Waals surface area (Å²) in [6.07, 6.45) is -5.21. The van der Waals surface area contributed by atoms with Crippen LogP contribution < -0.4 is 0 Å². The van der Waals surface area contributed by atoms with Gasteiger partial charge in [0.2, 0.25) is 5.91 Å². The van der Waals surface area contributed by atoms with Crippen molar-refractivity contribution in [3.05, 3.63) is 45.6 Å². The number of hydrogen-bond acceptors (Lipinski definition) is 2. The maximum absolute atomic E-state index is 14.1. The van der Waals surface area contributed by atoms with Gasteiger partial charge in [0.1, 0.15) is 18.4 Å². The third kappa shape index (κ3) is 3.81. The molecule has 5 nitrogen and oxygen atoms in total. The molecule has 1 aliphatic heterocycles. The van der Waals surface area contributed by atoms with Crippen LogP contribution in [0.3, 0.4) is 0 Å². The Kier molecular flexibility index (Phi) is 5.17. The summed E-state index contributed by atoms with van der Waals surface area (Å²) in [6, 6.07) is -1.67. The molecule has 0 saturated carbocycles. The number of piperidine rings is 1. The summed E-state index contributed by atoms with van der Waals surface area (Å²) in [5.41, 5.74) is 7.72. The lowest BCUT2D eigenvalue weighted by atomic mass is 9.81. The van der Waals surface area contributed by atoms with Crippen molar-refractivity contribution in [3.63, 3.8) is 0 Å². The fourth-order valence-electron chi connectivity index (χ4n) is 2.96. The SMILES string of the molecule is CC1C(c2c(F)ccc(F)c2F)CC(N=[N+]=[N-])C(=O)N1CC(F)(F)F. The first-order chi connectivity index (χ1) is 11.6. The number of azide groups is 1. The molecule has 0 radical (unpaired) electrons. The van der Waals surface area contributed by atoms with Crippen molar-refractivity contribution in [2.45, 2.75) is 37.5 Å². The number of carbonyl (C=O) groups is 1. The van der Waals surface area contributed by atoms with Gasteiger partial charge in [0.15, 0.2) is 11.6 Å². The highest BCUT2D eigenvalue weighted by Crippen LogP contribution is 2.38. The number of hydrogen-bond donors (Lipinski definition) is 0. The van der Waals surface area contributed by atoms with E-state index in [1.807, 2.05) is 0 Å². The van der Waals surface area contributed by atoms with Crippen LogP contribution in [0.2, 0.25) is 0 Å². The van der Waals surface area contributed by atoms with Crippen LogP contribution in [0.4, 0.5) is 26.3 Å². The lowest BCUT2D eigenvalue weighted by Gasteiger charge is -2.42. The first-order valence-electron chi connectivity index (χ1n) is 7.11. The maximum Gasteiger partial charge on any atom is 0.406 e. The molecule has 1 amide bonds. The number of benzene rings is 1. The molecule has 0 aliphatic carbocycles. The van der Waals surface area contributed by atoms with Gasteiger partial charge in [-0.2, -0.15) is 13.2 Å². The van der Waals surface area contributed by atoms with E-state index in [1.165, 1.54) is 6.92 Å². The number of nitrogens with zero attached hydrogens (tertiary/aromatic N) is 4. The number of carbonyl (C=O) groups excluding carboxylic acids is 1. The number of halogens is 6. The molecule has 0 N–H and O–H groups in total. The van der Waals surface area contributed by atoms with Gasteiger partial charge in [-0.05, 0) is 31.0 Å². The van der Waals surface area contributed by atoms with Crippen LogP contribution >= 0.6 is 0 Å². The van der Waals surface area contributed by atoms with Crippen molar-refractivity contribution in [1.29, 1.82) is 0 Å². The molecule has 11 heteroatoms. The predicted octanol–water partition coefficient (Wildman–Crippen LogP) is 4.05. The zero-order valence-electron chi connectivity index (χ0n) is 12.8. The second kappa shape index (κ2) is 6.83. The summed E-state index contributed by atoms with van der Waals surface area (Å²) in [5, 5.41) is 3.12. The van der Waals surface area contributed by atoms with Crippen molar-refractivity contribution in [2.24, 2.45) is 5.11 Å². The van der Waals surface area contributed by atoms with E-state index >= 15 is 0 Å². The van der Waals surface area contributed by atoms with E-state index in [-0.39, 0.29) is 0 Å². The second-order valence-corrected chi connectivity index (χ2v) is 5.64. The zero-order chi connectivity index (χ0) is 18.9. The highest BCUT2D eigenvalue weighted by molar-refractivity contribution is 5.83. The number of amides is 1. The number of alkyl halides is 3. The topological polar surface area (TPSA) is 69.1 Å². The summed E-state index contributed by atoms with van der Waals surface area (Å²) >= 11 is 0. The zero-order valence-corrected chi connectivity index (χ0v) is 12.8. The molecule has 25 heavy (non-hydrogen) atoms. The predicted molar refractivity (Wildman–Crippen MR) is 73.8 cm³/mol. The van der Waals surface area contributed by atoms with Crippen molar-refractivity contribution < 1.29 is 31.1 Å². The van der Waals surface area contributed by atoms with Gasteiger partial charge in [0.25, 0.3) is 0 Å². The van der Waals surface area contributed by atoms with Crippen molar-refractivity contribution >= 4 is 5.91 Å². The van der Waals surface area contributed by atoms with Crippen LogP contribution in [-0.2, 0) is 4.79 Å². The van der Waals surface area contributed by atoms with E-state index in [4.69, 9.17) is 5.53 Å². The molecule has 0 spiro atoms. The van der Waals surface area contributed by atoms with E-state index in [0.29, 0.717) is 17.0 Å². The fraction of sp³-hybridized carbons (Fsp3) is 0.500. The van der Waals surface area contributed by atoms with Crippen molar-refractivity contribution in [3.8, 4) is 0 Å². The smallest absolute Gasteiger partial charge is 0.330 e. The van der Waals surface area contributed by atoms with E-state index in [1.54, 1.807) is 0 Å². The molecule has 0 aromatic heterocycles. The third-order valence-corrected chi connectivity index (χ3v) is 4.11. The van der Waals surface area contributed by atoms with Crippen LogP contribution in [0, 0.1) is 17.5 Å². The van der Waals surface area contributed by atoms with Gasteiger partial charge in [-0.25, -0.2) is 13.2 Å². The van der Waals surface area contributed by atoms with Crippen LogP contribution in [0.1, 0.15) is 24.8 Å². The molecular weight excluding hydrogens is 354 g/mol. The number of rotatable bonds is 3. The largest absolute Gasteiger partial charge is 0.406 e. The first-order valence-corrected chi connectivity index (χ1v) is 7.11. The summed E-state index contributed by atoms with van der Waals surface area (Å²) < 4.78 is 79.8. The average molecular weight is 366 g/mol. The molecule has 1 heterocycles. The summed E-state index contributed by atoms with van der Waals surface area (Å²) in [7, 11) is 0. The minimum atomic E-state index is -4.77. The number of likely N-dealkylation sites (tertiary alicyclic amines) is 1. The Labute approximate surface area is 137 Å². The van der Waals surface area contributed by atoms with Gasteiger partial charge in [-0.1, -0.05) is 5.11 Å². The van der Waals surface area contributed by atoms with Crippen molar-refractivity contribution in [1.82, 2.24) is 4.90 Å². The van der Waals surface area contributed by atoms with Crippen LogP contribution in [0.15, 0.2) is 17.2 Å². The van der Waals surface area contributed by atoms with Gasteiger partial charge in [0.05, 0.1) is 0 Å². The second-order valence-electron chi connectivity index (χ2n) is 5.64. The first kappa shape index (κ1) is 18.9. The molecule has 1 aliphatic rings. The molecule has 3 unspecified atom stereocenters. The molecule has 136 valence electrons. The summed E-state index contributed by atoms with van der Waals surface area (Å²) in [6.45, 7) is -0.510. The molecule has 1 saturated heterocycles. The Morgan fingerprint density at radius 1 is 1.28 bits per heavy atom. The lowest BCUT2D eigenvalue weighted by molar-refractivity contribution is -0.170. The van der Waals surface area contributed by atoms with Crippen LogP contribution in [0.5, 0.6) is 0 Å². The van der Waals surface area contributed by atoms with Gasteiger partial charge in [-0.15, -0.1) is 0 Å². The Morgan fingerprint density at radius 2 is 1.88 bits per heavy atom. The minimum Gasteiger partial charge on any atom is -0.330 e. The fourth-order valence-corrected chi connectivity index (χ4v) is 2.96. The van der Waals surface area contributed by atoms with Crippen molar-refractivity contribution in [2.75, 3.05) is 6.54 Å². The van der Waals surface area contributed by atoms with E-state index in [0.717, 1.165) is 0 Å². The van der Waals surface area contributed by atoms with E-state index < -0.39 is 66.1 Å². The highest BCUT2D eigenvalue weighted by Gasteiger charge is 2.46. The van der Waals surface area contributed by atoms with Crippen LogP contribution in [-0.4, -0.2) is 35.6 Å². The maximum atomic E-state index is 14.1. The molecule has 0 bridgehead atoms. The quantitative estimate of drug-likeness (QED) is 0.262. The van der Waals surface area contributed by atoms with Crippen LogP contribution in [0.25, 0.3) is 10.4 Å². The lowest BCUT2D eigenvalue weighted by Crippen LogP contribution is -2.55. The Hall–Kier alpha value is -2.42. The molecule has 1 fully saturated rings. The molecule has 3 atom stereocenters. The van der Waals surface area contributed by atoms with E-state index in [9.17, 15) is 31.1 Å². The average Bonchev–Trinajstić information content (AvgIpc) is 2.51. The van der Waals surface area contributed by atoms with Gasteiger partial charge >= 0.3 is 6.18 Å². The standard InChI is InChI=1S/C14H12F6N4O/c1-6-7(11-8(15)2-3-9(16)12(11)17)4-10(22-23-21)13(25)24(6)5-14(18,19)20/h2-3,6-7,10H,4-5H2,1H3. The molecule has 2 rings (SSSR count). The van der Waals surface area contributed by atoms with E-state index in [2.05, 4.69) is 10.0 Å². The Morgan fingerprint density at radius 3 is 2.44 bits per heavy atom.